The molecule has 0 spiro atoms. The summed E-state index contributed by atoms with van der Waals surface area (Å²) in [5.74, 6) is 1.60. The normalized spacial score (nSPS) is 16.9. The van der Waals surface area contributed by atoms with E-state index in [1.165, 1.54) is 22.3 Å². The van der Waals surface area contributed by atoms with Gasteiger partial charge in [-0.25, -0.2) is 10.5 Å². The minimum absolute atomic E-state index is 0.394. The van der Waals surface area contributed by atoms with Crippen molar-refractivity contribution >= 4 is 16.6 Å². The van der Waals surface area contributed by atoms with E-state index in [-0.39, 0.29) is 0 Å². The van der Waals surface area contributed by atoms with Gasteiger partial charge in [0.25, 0.3) is 0 Å². The van der Waals surface area contributed by atoms with Crippen LogP contribution in [0.4, 0.5) is 0 Å². The second-order valence-corrected chi connectivity index (χ2v) is 7.56. The van der Waals surface area contributed by atoms with Gasteiger partial charge in [0.05, 0.1) is 6.20 Å². The molecule has 0 radical (unpaired) electrons. The molecule has 0 saturated heterocycles. The van der Waals surface area contributed by atoms with Crippen LogP contribution in [0, 0.1) is 0 Å². The van der Waals surface area contributed by atoms with Crippen LogP contribution in [0.5, 0.6) is 5.75 Å². The van der Waals surface area contributed by atoms with E-state index in [9.17, 15) is 0 Å². The molecule has 2 aromatic rings. The number of allylic oxidation sites excluding steroid dienone is 6. The first-order valence-corrected chi connectivity index (χ1v) is 9.79. The largest absolute Gasteiger partial charge is 0.379 e. The summed E-state index contributed by atoms with van der Waals surface area (Å²) in [5, 5.41) is 4.28. The van der Waals surface area contributed by atoms with Crippen molar-refractivity contribution in [2.45, 2.75) is 54.0 Å². The Kier molecular flexibility index (Phi) is 5.93. The van der Waals surface area contributed by atoms with E-state index in [1.807, 2.05) is 6.07 Å². The highest BCUT2D eigenvalue weighted by molar-refractivity contribution is 5.86. The summed E-state index contributed by atoms with van der Waals surface area (Å²) in [5.41, 5.74) is 9.90. The molecule has 3 heterocycles. The van der Waals surface area contributed by atoms with Crippen molar-refractivity contribution < 1.29 is 4.84 Å². The zero-order valence-electron chi connectivity index (χ0n) is 17.6. The van der Waals surface area contributed by atoms with Crippen LogP contribution in [0.2, 0.25) is 0 Å². The van der Waals surface area contributed by atoms with E-state index < -0.39 is 0 Å². The first-order valence-electron chi connectivity index (χ1n) is 9.79. The van der Waals surface area contributed by atoms with Gasteiger partial charge in [-0.1, -0.05) is 36.3 Å². The fourth-order valence-corrected chi connectivity index (χ4v) is 2.95. The van der Waals surface area contributed by atoms with Crippen LogP contribution < -0.4 is 15.6 Å². The molecule has 0 aliphatic carbocycles. The lowest BCUT2D eigenvalue weighted by atomic mass is 10.1. The number of rotatable bonds is 7. The second kappa shape index (κ2) is 8.38. The number of fused-ring (bicyclic) bond motifs is 1. The molecule has 2 aromatic heterocycles. The van der Waals surface area contributed by atoms with Gasteiger partial charge in [-0.2, -0.15) is 0 Å². The van der Waals surface area contributed by atoms with Crippen molar-refractivity contribution in [1.29, 1.82) is 0 Å². The third-order valence-electron chi connectivity index (χ3n) is 5.15. The average Bonchev–Trinajstić information content (AvgIpc) is 3.10. The summed E-state index contributed by atoms with van der Waals surface area (Å²) >= 11 is 0. The minimum atomic E-state index is 0.394. The fraction of sp³-hybridized carbons (Fsp3) is 0.348. The second-order valence-electron chi connectivity index (χ2n) is 7.56. The van der Waals surface area contributed by atoms with E-state index >= 15 is 0 Å². The number of nitrogens with zero attached hydrogens (tertiary/aromatic N) is 1. The summed E-state index contributed by atoms with van der Waals surface area (Å²) in [6.07, 6.45) is 9.21. The van der Waals surface area contributed by atoms with E-state index in [4.69, 9.17) is 4.84 Å². The number of hydrogen-bond donors (Lipinski definition) is 3. The molecule has 0 fully saturated rings. The first-order chi connectivity index (χ1) is 13.4. The molecule has 3 N–H and O–H groups in total. The molecule has 1 aliphatic heterocycles. The molecule has 28 heavy (non-hydrogen) atoms. The highest BCUT2D eigenvalue weighted by Crippen LogP contribution is 2.26. The van der Waals surface area contributed by atoms with Gasteiger partial charge in [-0.15, -0.1) is 0 Å². The third kappa shape index (κ3) is 4.30. The molecule has 3 rings (SSSR count). The van der Waals surface area contributed by atoms with Crippen molar-refractivity contribution in [3.8, 4) is 5.75 Å². The number of aromatic nitrogens is 2. The number of H-pyrrole nitrogens is 1. The molecular weight excluding hydrogens is 348 g/mol. The molecule has 0 bridgehead atoms. The fourth-order valence-electron chi connectivity index (χ4n) is 2.95. The van der Waals surface area contributed by atoms with Crippen LogP contribution in [-0.4, -0.2) is 16.0 Å². The molecule has 148 valence electrons. The smallest absolute Gasteiger partial charge is 0.174 e. The molecule has 5 nitrogen and oxygen atoms in total. The summed E-state index contributed by atoms with van der Waals surface area (Å²) in [7, 11) is 0. The molecule has 1 atom stereocenters. The van der Waals surface area contributed by atoms with Crippen molar-refractivity contribution in [3.05, 3.63) is 64.8 Å². The van der Waals surface area contributed by atoms with Crippen LogP contribution in [-0.2, 0) is 0 Å². The van der Waals surface area contributed by atoms with E-state index in [0.29, 0.717) is 11.8 Å². The quantitative estimate of drug-likeness (QED) is 0.447. The number of aromatic amines is 1. The summed E-state index contributed by atoms with van der Waals surface area (Å²) in [6, 6.07) is 4.50. The van der Waals surface area contributed by atoms with Crippen molar-refractivity contribution in [2.24, 2.45) is 0 Å². The van der Waals surface area contributed by atoms with Gasteiger partial charge in [-0.3, -0.25) is 0 Å². The van der Waals surface area contributed by atoms with Gasteiger partial charge in [0.1, 0.15) is 11.5 Å². The SMILES string of the molecule is CC/C(C)=C\C=C/C(=C(C)C)c1cc2cc(ONC3=C(C)C(C)N3)cnc2[nH]1. The van der Waals surface area contributed by atoms with Crippen molar-refractivity contribution in [2.75, 3.05) is 0 Å². The van der Waals surface area contributed by atoms with Crippen molar-refractivity contribution in [1.82, 2.24) is 20.8 Å². The monoisotopic (exact) mass is 378 g/mol. The predicted molar refractivity (Wildman–Crippen MR) is 117 cm³/mol. The number of hydroxylamine groups is 1. The summed E-state index contributed by atoms with van der Waals surface area (Å²) in [4.78, 5) is 13.6. The molecule has 0 saturated carbocycles. The van der Waals surface area contributed by atoms with Gasteiger partial charge in [0.15, 0.2) is 5.75 Å². The van der Waals surface area contributed by atoms with E-state index in [2.05, 4.69) is 86.6 Å². The van der Waals surface area contributed by atoms with Gasteiger partial charge >= 0.3 is 0 Å². The van der Waals surface area contributed by atoms with Crippen LogP contribution in [0.1, 0.15) is 53.7 Å². The third-order valence-corrected chi connectivity index (χ3v) is 5.15. The predicted octanol–water partition coefficient (Wildman–Crippen LogP) is 5.38. The Morgan fingerprint density at radius 3 is 2.71 bits per heavy atom. The number of pyridine rings is 1. The number of hydrogen-bond acceptors (Lipinski definition) is 4. The van der Waals surface area contributed by atoms with Crippen molar-refractivity contribution in [3.63, 3.8) is 0 Å². The molecule has 1 aliphatic rings. The lowest BCUT2D eigenvalue weighted by Gasteiger charge is -2.31. The Balaban J connectivity index is 1.80. The van der Waals surface area contributed by atoms with E-state index in [0.717, 1.165) is 29.0 Å². The number of nitrogens with one attached hydrogen (secondary N) is 3. The summed E-state index contributed by atoms with van der Waals surface area (Å²) < 4.78 is 0. The molecule has 0 aromatic carbocycles. The zero-order chi connectivity index (χ0) is 20.3. The molecule has 5 heteroatoms. The summed E-state index contributed by atoms with van der Waals surface area (Å²) in [6.45, 7) is 12.7. The van der Waals surface area contributed by atoms with Gasteiger partial charge in [-0.05, 0) is 64.3 Å². The maximum absolute atomic E-state index is 5.68. The minimum Gasteiger partial charge on any atom is -0.379 e. The Morgan fingerprint density at radius 2 is 2.07 bits per heavy atom. The topological polar surface area (TPSA) is 62.0 Å². The Hall–Kier alpha value is -2.95. The van der Waals surface area contributed by atoms with Crippen LogP contribution in [0.15, 0.2) is 59.1 Å². The maximum atomic E-state index is 5.68. The molecule has 0 amide bonds. The highest BCUT2D eigenvalue weighted by Gasteiger charge is 2.21. The average molecular weight is 379 g/mol. The standard InChI is InChI=1S/C23H30N4O/c1-7-15(4)9-8-10-20(14(2)3)21-12-18-11-19(13-24-23(18)26-21)28-27-22-16(5)17(6)25-22/h8-13,17,25,27H,7H2,1-6H3,(H,24,26)/b10-8-,15-9-. The Morgan fingerprint density at radius 1 is 1.29 bits per heavy atom. The lowest BCUT2D eigenvalue weighted by molar-refractivity contribution is 0.205. The van der Waals surface area contributed by atoms with Crippen LogP contribution >= 0.6 is 0 Å². The van der Waals surface area contributed by atoms with Crippen LogP contribution in [0.3, 0.4) is 0 Å². The van der Waals surface area contributed by atoms with Gasteiger partial charge in [0, 0.05) is 17.1 Å². The van der Waals surface area contributed by atoms with E-state index in [1.54, 1.807) is 6.20 Å². The maximum Gasteiger partial charge on any atom is 0.174 e. The Bertz CT molecular complexity index is 987. The van der Waals surface area contributed by atoms with Gasteiger partial charge < -0.3 is 15.1 Å². The lowest BCUT2D eigenvalue weighted by Crippen LogP contribution is -2.46. The molecule has 1 unspecified atom stereocenters. The Labute approximate surface area is 167 Å². The zero-order valence-corrected chi connectivity index (χ0v) is 17.6. The van der Waals surface area contributed by atoms with Crippen LogP contribution in [0.25, 0.3) is 16.6 Å². The van der Waals surface area contributed by atoms with Gasteiger partial charge in [0.2, 0.25) is 0 Å². The first kappa shape index (κ1) is 19.8. The molecular formula is C23H30N4O. The highest BCUT2D eigenvalue weighted by atomic mass is 16.6.